The van der Waals surface area contributed by atoms with Crippen molar-refractivity contribution in [1.29, 1.82) is 0 Å². The number of nitrogens with zero attached hydrogens (tertiary/aromatic N) is 1. The van der Waals surface area contributed by atoms with Crippen LogP contribution in [0.15, 0.2) is 54.6 Å². The van der Waals surface area contributed by atoms with Gasteiger partial charge < -0.3 is 15.0 Å². The standard InChI is InChI=1S/C25H24Cl3FN2O/c26-18-7-10-25(32-16-20-21(27)5-4-6-23(20)29)17(13-18)15-30-19-8-9-24(22(28)14-19)31-11-2-1-3-12-31/h4-10,13-14,30H,1-3,11-12,15-16H2. The third-order valence-electron chi connectivity index (χ3n) is 5.58. The fourth-order valence-corrected chi connectivity index (χ4v) is 4.56. The molecule has 4 rings (SSSR count). The molecule has 1 heterocycles. The molecule has 1 aliphatic heterocycles. The van der Waals surface area contributed by atoms with Crippen molar-refractivity contribution in [3.05, 3.63) is 86.6 Å². The van der Waals surface area contributed by atoms with Crippen LogP contribution in [-0.4, -0.2) is 13.1 Å². The lowest BCUT2D eigenvalue weighted by molar-refractivity contribution is 0.297. The highest BCUT2D eigenvalue weighted by Gasteiger charge is 2.15. The lowest BCUT2D eigenvalue weighted by Crippen LogP contribution is -2.29. The Bertz CT molecular complexity index is 1070. The highest BCUT2D eigenvalue weighted by molar-refractivity contribution is 6.33. The number of nitrogens with one attached hydrogen (secondary N) is 1. The van der Waals surface area contributed by atoms with E-state index in [0.29, 0.717) is 27.9 Å². The summed E-state index contributed by atoms with van der Waals surface area (Å²) in [6, 6.07) is 16.0. The zero-order valence-electron chi connectivity index (χ0n) is 17.5. The van der Waals surface area contributed by atoms with Crippen LogP contribution in [0.1, 0.15) is 30.4 Å². The van der Waals surface area contributed by atoms with E-state index in [1.807, 2.05) is 18.2 Å². The fourth-order valence-electron chi connectivity index (χ4n) is 3.85. The first-order valence-corrected chi connectivity index (χ1v) is 11.8. The molecule has 7 heteroatoms. The summed E-state index contributed by atoms with van der Waals surface area (Å²) in [4.78, 5) is 2.34. The van der Waals surface area contributed by atoms with E-state index in [-0.39, 0.29) is 6.61 Å². The van der Waals surface area contributed by atoms with E-state index < -0.39 is 5.82 Å². The van der Waals surface area contributed by atoms with Crippen molar-refractivity contribution in [1.82, 2.24) is 0 Å². The van der Waals surface area contributed by atoms with Gasteiger partial charge in [0.05, 0.1) is 15.7 Å². The molecular formula is C25H24Cl3FN2O. The van der Waals surface area contributed by atoms with Crippen molar-refractivity contribution < 1.29 is 9.13 Å². The van der Waals surface area contributed by atoms with Gasteiger partial charge in [0.2, 0.25) is 0 Å². The SMILES string of the molecule is Fc1cccc(Cl)c1COc1ccc(Cl)cc1CNc1ccc(N2CCCCC2)c(Cl)c1. The molecule has 0 amide bonds. The minimum atomic E-state index is -0.394. The Morgan fingerprint density at radius 1 is 0.906 bits per heavy atom. The summed E-state index contributed by atoms with van der Waals surface area (Å²) in [5, 5.41) is 5.04. The molecule has 0 radical (unpaired) electrons. The van der Waals surface area contributed by atoms with Crippen LogP contribution in [0.25, 0.3) is 0 Å². The Morgan fingerprint density at radius 2 is 1.72 bits per heavy atom. The van der Waals surface area contributed by atoms with Gasteiger partial charge in [-0.25, -0.2) is 4.39 Å². The van der Waals surface area contributed by atoms with Crippen LogP contribution >= 0.6 is 34.8 Å². The Balaban J connectivity index is 1.45. The Kier molecular flexibility index (Phi) is 7.67. The third kappa shape index (κ3) is 5.61. The second-order valence-corrected chi connectivity index (χ2v) is 9.06. The second-order valence-electron chi connectivity index (χ2n) is 7.81. The molecule has 1 aliphatic rings. The van der Waals surface area contributed by atoms with Crippen LogP contribution in [0.5, 0.6) is 5.75 Å². The van der Waals surface area contributed by atoms with Crippen LogP contribution in [0.3, 0.4) is 0 Å². The summed E-state index contributed by atoms with van der Waals surface area (Å²) in [6.45, 7) is 2.58. The number of anilines is 2. The fraction of sp³-hybridized carbons (Fsp3) is 0.280. The number of rotatable bonds is 7. The molecule has 1 fully saturated rings. The quantitative estimate of drug-likeness (QED) is 0.361. The van der Waals surface area contributed by atoms with Crippen LogP contribution in [0.4, 0.5) is 15.8 Å². The molecule has 0 saturated carbocycles. The van der Waals surface area contributed by atoms with Gasteiger partial charge in [0.15, 0.2) is 0 Å². The summed E-state index contributed by atoms with van der Waals surface area (Å²) in [5.74, 6) is 0.215. The number of benzene rings is 3. The largest absolute Gasteiger partial charge is 0.488 e. The van der Waals surface area contributed by atoms with Crippen LogP contribution in [0.2, 0.25) is 15.1 Å². The molecule has 3 aromatic carbocycles. The van der Waals surface area contributed by atoms with E-state index in [1.54, 1.807) is 24.3 Å². The molecule has 3 nitrogen and oxygen atoms in total. The van der Waals surface area contributed by atoms with Gasteiger partial charge in [0.1, 0.15) is 18.2 Å². The molecule has 0 bridgehead atoms. The van der Waals surface area contributed by atoms with Crippen molar-refractivity contribution in [3.63, 3.8) is 0 Å². The molecule has 0 spiro atoms. The highest BCUT2D eigenvalue weighted by Crippen LogP contribution is 2.32. The summed E-state index contributed by atoms with van der Waals surface area (Å²) in [5.41, 5.74) is 3.15. The first kappa shape index (κ1) is 23.0. The number of ether oxygens (including phenoxy) is 1. The molecule has 1 N–H and O–H groups in total. The van der Waals surface area contributed by atoms with Gasteiger partial charge in [-0.1, -0.05) is 40.9 Å². The minimum Gasteiger partial charge on any atom is -0.488 e. The van der Waals surface area contributed by atoms with E-state index in [2.05, 4.69) is 16.3 Å². The number of halogens is 4. The van der Waals surface area contributed by atoms with Crippen LogP contribution in [0, 0.1) is 5.82 Å². The lowest BCUT2D eigenvalue weighted by Gasteiger charge is -2.29. The summed E-state index contributed by atoms with van der Waals surface area (Å²) >= 11 is 18.9. The van der Waals surface area contributed by atoms with Gasteiger partial charge in [-0.05, 0) is 67.8 Å². The van der Waals surface area contributed by atoms with E-state index in [4.69, 9.17) is 39.5 Å². The Morgan fingerprint density at radius 3 is 2.47 bits per heavy atom. The molecule has 1 saturated heterocycles. The lowest BCUT2D eigenvalue weighted by atomic mass is 10.1. The van der Waals surface area contributed by atoms with E-state index in [1.165, 1.54) is 25.3 Å². The van der Waals surface area contributed by atoms with E-state index in [9.17, 15) is 4.39 Å². The van der Waals surface area contributed by atoms with Crippen molar-refractivity contribution in [3.8, 4) is 5.75 Å². The Hall–Kier alpha value is -2.14. The van der Waals surface area contributed by atoms with Crippen molar-refractivity contribution in [2.75, 3.05) is 23.3 Å². The zero-order chi connectivity index (χ0) is 22.5. The number of hydrogen-bond donors (Lipinski definition) is 1. The molecule has 32 heavy (non-hydrogen) atoms. The smallest absolute Gasteiger partial charge is 0.131 e. The molecule has 0 unspecified atom stereocenters. The molecular weight excluding hydrogens is 470 g/mol. The third-order valence-corrected chi connectivity index (χ3v) is 6.48. The first-order valence-electron chi connectivity index (χ1n) is 10.6. The predicted octanol–water partition coefficient (Wildman–Crippen LogP) is 7.97. The van der Waals surface area contributed by atoms with Crippen molar-refractivity contribution in [2.24, 2.45) is 0 Å². The summed E-state index contributed by atoms with van der Waals surface area (Å²) in [7, 11) is 0. The van der Waals surface area contributed by atoms with Gasteiger partial charge in [0.25, 0.3) is 0 Å². The monoisotopic (exact) mass is 492 g/mol. The Labute approximate surface area is 203 Å². The highest BCUT2D eigenvalue weighted by atomic mass is 35.5. The van der Waals surface area contributed by atoms with Gasteiger partial charge >= 0.3 is 0 Å². The maximum absolute atomic E-state index is 14.1. The van der Waals surface area contributed by atoms with Gasteiger partial charge in [0, 0.05) is 41.5 Å². The summed E-state index contributed by atoms with van der Waals surface area (Å²) in [6.07, 6.45) is 3.68. The average molecular weight is 494 g/mol. The van der Waals surface area contributed by atoms with Gasteiger partial charge in [-0.15, -0.1) is 0 Å². The predicted molar refractivity (Wildman–Crippen MR) is 132 cm³/mol. The summed E-state index contributed by atoms with van der Waals surface area (Å²) < 4.78 is 20.0. The van der Waals surface area contributed by atoms with Gasteiger partial charge in [-0.2, -0.15) is 0 Å². The van der Waals surface area contributed by atoms with E-state index in [0.717, 1.165) is 35.1 Å². The molecule has 3 aromatic rings. The maximum atomic E-state index is 14.1. The average Bonchev–Trinajstić information content (AvgIpc) is 2.79. The van der Waals surface area contributed by atoms with Crippen molar-refractivity contribution >= 4 is 46.2 Å². The molecule has 168 valence electrons. The second kappa shape index (κ2) is 10.7. The number of piperidine rings is 1. The maximum Gasteiger partial charge on any atom is 0.131 e. The molecule has 0 atom stereocenters. The molecule has 0 aliphatic carbocycles. The zero-order valence-corrected chi connectivity index (χ0v) is 19.8. The van der Waals surface area contributed by atoms with Gasteiger partial charge in [-0.3, -0.25) is 0 Å². The first-order chi connectivity index (χ1) is 15.5. The van der Waals surface area contributed by atoms with Crippen LogP contribution < -0.4 is 15.0 Å². The van der Waals surface area contributed by atoms with Crippen LogP contribution in [-0.2, 0) is 13.2 Å². The molecule has 0 aromatic heterocycles. The number of hydrogen-bond acceptors (Lipinski definition) is 3. The van der Waals surface area contributed by atoms with E-state index >= 15 is 0 Å². The topological polar surface area (TPSA) is 24.5 Å². The van der Waals surface area contributed by atoms with Crippen molar-refractivity contribution in [2.45, 2.75) is 32.4 Å². The normalized spacial score (nSPS) is 13.8. The minimum absolute atomic E-state index is 0.0243.